The molecular formula is C14H8ClIN2O2. The molecule has 100 valence electrons. The summed E-state index contributed by atoms with van der Waals surface area (Å²) >= 11 is 8.15. The fourth-order valence-corrected chi connectivity index (χ4v) is 3.21. The number of carbonyl (C=O) groups is 1. The molecule has 4 nitrogen and oxygen atoms in total. The maximum atomic E-state index is 11.2. The lowest BCUT2D eigenvalue weighted by Gasteiger charge is -2.07. The monoisotopic (exact) mass is 398 g/mol. The number of aromatic carboxylic acids is 1. The van der Waals surface area contributed by atoms with Gasteiger partial charge >= 0.3 is 5.97 Å². The number of imidazole rings is 1. The Hall–Kier alpha value is -1.60. The molecule has 0 radical (unpaired) electrons. The minimum atomic E-state index is -0.980. The first-order valence-electron chi connectivity index (χ1n) is 5.72. The highest BCUT2D eigenvalue weighted by Gasteiger charge is 2.14. The van der Waals surface area contributed by atoms with Crippen molar-refractivity contribution >= 4 is 51.2 Å². The van der Waals surface area contributed by atoms with E-state index in [9.17, 15) is 9.90 Å². The minimum absolute atomic E-state index is 0.199. The van der Waals surface area contributed by atoms with Crippen LogP contribution in [0.1, 0.15) is 10.4 Å². The predicted molar refractivity (Wildman–Crippen MR) is 85.8 cm³/mol. The topological polar surface area (TPSA) is 55.1 Å². The van der Waals surface area contributed by atoms with Crippen molar-refractivity contribution < 1.29 is 9.90 Å². The lowest BCUT2D eigenvalue weighted by atomic mass is 10.2. The molecular weight excluding hydrogens is 391 g/mol. The van der Waals surface area contributed by atoms with Crippen LogP contribution in [0.2, 0.25) is 5.02 Å². The molecule has 6 heteroatoms. The number of carboxylic acid groups (broad SMARTS) is 1. The lowest BCUT2D eigenvalue weighted by Crippen LogP contribution is -1.98. The van der Waals surface area contributed by atoms with E-state index in [0.717, 1.165) is 14.8 Å². The molecule has 0 saturated carbocycles. The third-order valence-electron chi connectivity index (χ3n) is 2.98. The molecule has 0 amide bonds. The van der Waals surface area contributed by atoms with Crippen molar-refractivity contribution in [2.75, 3.05) is 0 Å². The lowest BCUT2D eigenvalue weighted by molar-refractivity contribution is 0.0699. The van der Waals surface area contributed by atoms with Crippen molar-refractivity contribution in [2.24, 2.45) is 0 Å². The summed E-state index contributed by atoms with van der Waals surface area (Å²) in [4.78, 5) is 15.4. The van der Waals surface area contributed by atoms with Crippen LogP contribution in [0.5, 0.6) is 0 Å². The summed E-state index contributed by atoms with van der Waals surface area (Å²) in [6, 6.07) is 10.6. The number of halogens is 2. The van der Waals surface area contributed by atoms with Crippen molar-refractivity contribution in [1.82, 2.24) is 9.55 Å². The maximum absolute atomic E-state index is 11.2. The van der Waals surface area contributed by atoms with Crippen LogP contribution in [0.25, 0.3) is 16.7 Å². The standard InChI is InChI=1S/C14H8ClIN2O2/c15-8-4-5-11(10(16)6-8)18-7-17-13-9(14(19)20)2-1-3-12(13)18/h1-7H,(H,19,20). The number of aromatic nitrogens is 2. The van der Waals surface area contributed by atoms with Gasteiger partial charge in [-0.05, 0) is 52.9 Å². The molecule has 1 N–H and O–H groups in total. The van der Waals surface area contributed by atoms with E-state index in [1.165, 1.54) is 0 Å². The molecule has 1 heterocycles. The quantitative estimate of drug-likeness (QED) is 0.664. The van der Waals surface area contributed by atoms with Crippen LogP contribution in [0.3, 0.4) is 0 Å². The first-order chi connectivity index (χ1) is 9.58. The van der Waals surface area contributed by atoms with Crippen LogP contribution in [0.4, 0.5) is 0 Å². The molecule has 0 fully saturated rings. The highest BCUT2D eigenvalue weighted by molar-refractivity contribution is 14.1. The number of benzene rings is 2. The molecule has 0 aliphatic heterocycles. The molecule has 0 saturated heterocycles. The van der Waals surface area contributed by atoms with E-state index in [4.69, 9.17) is 11.6 Å². The van der Waals surface area contributed by atoms with Crippen LogP contribution in [-0.2, 0) is 0 Å². The van der Waals surface area contributed by atoms with Crippen LogP contribution in [0, 0.1) is 3.57 Å². The minimum Gasteiger partial charge on any atom is -0.478 e. The highest BCUT2D eigenvalue weighted by atomic mass is 127. The summed E-state index contributed by atoms with van der Waals surface area (Å²) in [7, 11) is 0. The van der Waals surface area contributed by atoms with Crippen molar-refractivity contribution in [3.05, 3.63) is 56.9 Å². The average molecular weight is 399 g/mol. The second kappa shape index (κ2) is 5.06. The second-order valence-electron chi connectivity index (χ2n) is 4.19. The molecule has 3 aromatic rings. The Balaban J connectivity index is 2.28. The molecule has 2 aromatic carbocycles. The van der Waals surface area contributed by atoms with E-state index >= 15 is 0 Å². The smallest absolute Gasteiger partial charge is 0.337 e. The number of carboxylic acids is 1. The zero-order chi connectivity index (χ0) is 14.3. The average Bonchev–Trinajstić information content (AvgIpc) is 2.82. The third kappa shape index (κ3) is 2.16. The van der Waals surface area contributed by atoms with Gasteiger partial charge in [0.15, 0.2) is 0 Å². The summed E-state index contributed by atoms with van der Waals surface area (Å²) in [6.07, 6.45) is 1.63. The van der Waals surface area contributed by atoms with Gasteiger partial charge in [0.25, 0.3) is 0 Å². The second-order valence-corrected chi connectivity index (χ2v) is 5.79. The fourth-order valence-electron chi connectivity index (χ4n) is 2.08. The zero-order valence-electron chi connectivity index (χ0n) is 10.0. The number of hydrogen-bond acceptors (Lipinski definition) is 2. The summed E-state index contributed by atoms with van der Waals surface area (Å²) in [5, 5.41) is 9.85. The van der Waals surface area contributed by atoms with Crippen LogP contribution in [0.15, 0.2) is 42.7 Å². The van der Waals surface area contributed by atoms with Gasteiger partial charge in [-0.1, -0.05) is 17.7 Å². The van der Waals surface area contributed by atoms with Gasteiger partial charge in [-0.2, -0.15) is 0 Å². The summed E-state index contributed by atoms with van der Waals surface area (Å²) in [5.74, 6) is -0.980. The van der Waals surface area contributed by atoms with Crippen molar-refractivity contribution in [3.8, 4) is 5.69 Å². The van der Waals surface area contributed by atoms with Gasteiger partial charge in [0.2, 0.25) is 0 Å². The molecule has 0 spiro atoms. The van der Waals surface area contributed by atoms with Crippen LogP contribution >= 0.6 is 34.2 Å². The molecule has 3 rings (SSSR count). The largest absolute Gasteiger partial charge is 0.478 e. The zero-order valence-corrected chi connectivity index (χ0v) is 13.0. The highest BCUT2D eigenvalue weighted by Crippen LogP contribution is 2.26. The predicted octanol–water partition coefficient (Wildman–Crippen LogP) is 3.98. The number of hydrogen-bond donors (Lipinski definition) is 1. The Morgan fingerprint density at radius 3 is 2.80 bits per heavy atom. The Morgan fingerprint density at radius 1 is 1.30 bits per heavy atom. The third-order valence-corrected chi connectivity index (χ3v) is 4.08. The molecule has 0 aliphatic carbocycles. The van der Waals surface area contributed by atoms with E-state index in [1.807, 2.05) is 22.8 Å². The number of fused-ring (bicyclic) bond motifs is 1. The Labute approximate surface area is 133 Å². The molecule has 1 aromatic heterocycles. The summed E-state index contributed by atoms with van der Waals surface area (Å²) < 4.78 is 2.83. The van der Waals surface area contributed by atoms with E-state index in [2.05, 4.69) is 27.6 Å². The van der Waals surface area contributed by atoms with Crippen molar-refractivity contribution in [2.45, 2.75) is 0 Å². The molecule has 0 atom stereocenters. The van der Waals surface area contributed by atoms with E-state index in [0.29, 0.717) is 10.5 Å². The Morgan fingerprint density at radius 2 is 2.10 bits per heavy atom. The first kappa shape index (κ1) is 13.4. The number of para-hydroxylation sites is 1. The van der Waals surface area contributed by atoms with E-state index in [1.54, 1.807) is 24.5 Å². The molecule has 0 unspecified atom stereocenters. The Bertz CT molecular complexity index is 829. The van der Waals surface area contributed by atoms with Crippen molar-refractivity contribution in [3.63, 3.8) is 0 Å². The van der Waals surface area contributed by atoms with Gasteiger partial charge in [0.1, 0.15) is 11.8 Å². The summed E-state index contributed by atoms with van der Waals surface area (Å²) in [5.41, 5.74) is 2.35. The molecule has 0 aliphatic rings. The Kier molecular flexibility index (Phi) is 3.39. The molecule has 0 bridgehead atoms. The number of rotatable bonds is 2. The van der Waals surface area contributed by atoms with Gasteiger partial charge in [-0.3, -0.25) is 4.57 Å². The van der Waals surface area contributed by atoms with Crippen molar-refractivity contribution in [1.29, 1.82) is 0 Å². The maximum Gasteiger partial charge on any atom is 0.337 e. The van der Waals surface area contributed by atoms with Gasteiger partial charge < -0.3 is 5.11 Å². The SMILES string of the molecule is O=C(O)c1cccc2c1ncn2-c1ccc(Cl)cc1I. The molecule has 20 heavy (non-hydrogen) atoms. The van der Waals surface area contributed by atoms with Crippen LogP contribution in [-0.4, -0.2) is 20.6 Å². The van der Waals surface area contributed by atoms with E-state index in [-0.39, 0.29) is 5.56 Å². The van der Waals surface area contributed by atoms with E-state index < -0.39 is 5.97 Å². The fraction of sp³-hybridized carbons (Fsp3) is 0. The van der Waals surface area contributed by atoms with Crippen LogP contribution < -0.4 is 0 Å². The van der Waals surface area contributed by atoms with Gasteiger partial charge in [0, 0.05) is 8.59 Å². The first-order valence-corrected chi connectivity index (χ1v) is 7.18. The van der Waals surface area contributed by atoms with Gasteiger partial charge in [-0.15, -0.1) is 0 Å². The summed E-state index contributed by atoms with van der Waals surface area (Å²) in [6.45, 7) is 0. The number of nitrogens with zero attached hydrogens (tertiary/aromatic N) is 2. The van der Waals surface area contributed by atoms with Gasteiger partial charge in [0.05, 0.1) is 16.8 Å². The van der Waals surface area contributed by atoms with Gasteiger partial charge in [-0.25, -0.2) is 9.78 Å². The normalized spacial score (nSPS) is 10.9.